The molecule has 1 aromatic rings. The third kappa shape index (κ3) is 4.00. The Morgan fingerprint density at radius 3 is 2.61 bits per heavy atom. The summed E-state index contributed by atoms with van der Waals surface area (Å²) in [5, 5.41) is 17.1. The van der Waals surface area contributed by atoms with Gasteiger partial charge < -0.3 is 10.4 Å². The van der Waals surface area contributed by atoms with E-state index in [0.29, 0.717) is 6.42 Å². The van der Waals surface area contributed by atoms with Crippen molar-refractivity contribution in [3.8, 4) is 0 Å². The molecular formula is C11H15N3O4. The highest BCUT2D eigenvalue weighted by Gasteiger charge is 2.17. The molecule has 1 heterocycles. The van der Waals surface area contributed by atoms with Crippen LogP contribution in [0.3, 0.4) is 0 Å². The van der Waals surface area contributed by atoms with Gasteiger partial charge in [-0.2, -0.15) is 5.10 Å². The Labute approximate surface area is 103 Å². The van der Waals surface area contributed by atoms with Crippen LogP contribution in [0.1, 0.15) is 30.8 Å². The van der Waals surface area contributed by atoms with Gasteiger partial charge in [-0.3, -0.25) is 14.4 Å². The van der Waals surface area contributed by atoms with Crippen molar-refractivity contribution in [1.29, 1.82) is 0 Å². The second-order valence-electron chi connectivity index (χ2n) is 4.16. The van der Waals surface area contributed by atoms with Gasteiger partial charge in [0.1, 0.15) is 5.69 Å². The van der Waals surface area contributed by atoms with Crippen molar-refractivity contribution < 1.29 is 14.7 Å². The van der Waals surface area contributed by atoms with E-state index in [1.807, 2.05) is 0 Å². The summed E-state index contributed by atoms with van der Waals surface area (Å²) in [6, 6.07) is 2.21. The van der Waals surface area contributed by atoms with Crippen LogP contribution in [-0.4, -0.2) is 33.2 Å². The van der Waals surface area contributed by atoms with Crippen molar-refractivity contribution in [3.05, 3.63) is 28.2 Å². The molecule has 0 spiro atoms. The van der Waals surface area contributed by atoms with E-state index in [-0.39, 0.29) is 17.3 Å². The lowest BCUT2D eigenvalue weighted by Crippen LogP contribution is -2.35. The Morgan fingerprint density at radius 1 is 1.44 bits per heavy atom. The number of hydrogen-bond acceptors (Lipinski definition) is 4. The molecule has 2 unspecified atom stereocenters. The molecule has 3 N–H and O–H groups in total. The summed E-state index contributed by atoms with van der Waals surface area (Å²) in [4.78, 5) is 33.1. The van der Waals surface area contributed by atoms with Gasteiger partial charge in [0.2, 0.25) is 0 Å². The number of carbonyl (C=O) groups excluding carboxylic acids is 1. The van der Waals surface area contributed by atoms with Crippen LogP contribution in [0.4, 0.5) is 0 Å². The second kappa shape index (κ2) is 5.95. The SMILES string of the molecule is CC(CC(C)C(=O)O)NC(=O)c1ccc(=O)[nH]n1. The van der Waals surface area contributed by atoms with Crippen molar-refractivity contribution in [2.45, 2.75) is 26.3 Å². The monoisotopic (exact) mass is 253 g/mol. The largest absolute Gasteiger partial charge is 0.481 e. The molecule has 0 aliphatic carbocycles. The summed E-state index contributed by atoms with van der Waals surface area (Å²) in [6.07, 6.45) is 0.324. The number of carboxylic acids is 1. The summed E-state index contributed by atoms with van der Waals surface area (Å²) in [6.45, 7) is 3.28. The molecule has 0 bridgehead atoms. The molecule has 2 atom stereocenters. The Morgan fingerprint density at radius 2 is 2.11 bits per heavy atom. The molecule has 0 saturated heterocycles. The molecule has 0 aliphatic heterocycles. The Balaban J connectivity index is 2.57. The number of amides is 1. The average Bonchev–Trinajstić information content (AvgIpc) is 2.29. The van der Waals surface area contributed by atoms with Crippen molar-refractivity contribution in [2.75, 3.05) is 0 Å². The standard InChI is InChI=1S/C11H15N3O4/c1-6(11(17)18)5-7(2)12-10(16)8-3-4-9(15)14-13-8/h3-4,6-7H,5H2,1-2H3,(H,12,16)(H,14,15)(H,17,18). The zero-order chi connectivity index (χ0) is 13.7. The first-order chi connectivity index (χ1) is 8.40. The zero-order valence-electron chi connectivity index (χ0n) is 10.1. The summed E-state index contributed by atoms with van der Waals surface area (Å²) < 4.78 is 0. The highest BCUT2D eigenvalue weighted by atomic mass is 16.4. The van der Waals surface area contributed by atoms with Crippen molar-refractivity contribution in [3.63, 3.8) is 0 Å². The lowest BCUT2D eigenvalue weighted by atomic mass is 10.0. The fourth-order valence-corrected chi connectivity index (χ4v) is 1.46. The molecule has 1 aromatic heterocycles. The quantitative estimate of drug-likeness (QED) is 0.683. The molecule has 1 amide bonds. The maximum absolute atomic E-state index is 11.7. The molecule has 0 fully saturated rings. The van der Waals surface area contributed by atoms with E-state index in [1.54, 1.807) is 13.8 Å². The van der Waals surface area contributed by atoms with Crippen LogP contribution in [0.25, 0.3) is 0 Å². The van der Waals surface area contributed by atoms with Gasteiger partial charge in [0.15, 0.2) is 0 Å². The number of aliphatic carboxylic acids is 1. The highest BCUT2D eigenvalue weighted by Crippen LogP contribution is 2.06. The van der Waals surface area contributed by atoms with Gasteiger partial charge in [-0.15, -0.1) is 0 Å². The summed E-state index contributed by atoms with van der Waals surface area (Å²) >= 11 is 0. The number of hydrogen-bond donors (Lipinski definition) is 3. The number of nitrogens with zero attached hydrogens (tertiary/aromatic N) is 1. The topological polar surface area (TPSA) is 112 Å². The number of aromatic nitrogens is 2. The first-order valence-corrected chi connectivity index (χ1v) is 5.49. The van der Waals surface area contributed by atoms with Crippen molar-refractivity contribution >= 4 is 11.9 Å². The molecule has 0 aromatic carbocycles. The molecule has 7 heteroatoms. The van der Waals surface area contributed by atoms with E-state index in [1.165, 1.54) is 12.1 Å². The number of H-pyrrole nitrogens is 1. The van der Waals surface area contributed by atoms with Crippen molar-refractivity contribution in [1.82, 2.24) is 15.5 Å². The lowest BCUT2D eigenvalue weighted by Gasteiger charge is -2.15. The zero-order valence-corrected chi connectivity index (χ0v) is 10.1. The fraction of sp³-hybridized carbons (Fsp3) is 0.455. The first kappa shape index (κ1) is 13.9. The molecule has 0 radical (unpaired) electrons. The van der Waals surface area contributed by atoms with Crippen molar-refractivity contribution in [2.24, 2.45) is 5.92 Å². The Bertz CT molecular complexity index is 477. The number of carbonyl (C=O) groups is 2. The van der Waals surface area contributed by atoms with E-state index in [4.69, 9.17) is 5.11 Å². The summed E-state index contributed by atoms with van der Waals surface area (Å²) in [7, 11) is 0. The van der Waals surface area contributed by atoms with Gasteiger partial charge in [0.25, 0.3) is 11.5 Å². The summed E-state index contributed by atoms with van der Waals surface area (Å²) in [5.41, 5.74) is -0.302. The van der Waals surface area contributed by atoms with Gasteiger partial charge in [-0.1, -0.05) is 6.92 Å². The third-order valence-electron chi connectivity index (χ3n) is 2.42. The molecule has 18 heavy (non-hydrogen) atoms. The minimum Gasteiger partial charge on any atom is -0.481 e. The number of nitrogens with one attached hydrogen (secondary N) is 2. The van der Waals surface area contributed by atoms with Gasteiger partial charge in [0.05, 0.1) is 5.92 Å². The van der Waals surface area contributed by atoms with Gasteiger partial charge in [-0.25, -0.2) is 5.10 Å². The molecule has 0 aliphatic rings. The smallest absolute Gasteiger partial charge is 0.306 e. The normalized spacial score (nSPS) is 13.7. The van der Waals surface area contributed by atoms with Gasteiger partial charge in [0, 0.05) is 12.1 Å². The molecule has 1 rings (SSSR count). The maximum atomic E-state index is 11.7. The molecular weight excluding hydrogens is 238 g/mol. The van der Waals surface area contributed by atoms with E-state index in [2.05, 4.69) is 15.5 Å². The van der Waals surface area contributed by atoms with Crippen LogP contribution < -0.4 is 10.9 Å². The maximum Gasteiger partial charge on any atom is 0.306 e. The van der Waals surface area contributed by atoms with Crippen LogP contribution in [0.5, 0.6) is 0 Å². The van der Waals surface area contributed by atoms with E-state index in [0.717, 1.165) is 0 Å². The van der Waals surface area contributed by atoms with E-state index >= 15 is 0 Å². The lowest BCUT2D eigenvalue weighted by molar-refractivity contribution is -0.141. The molecule has 98 valence electrons. The Kier molecular flexibility index (Phi) is 4.59. The summed E-state index contributed by atoms with van der Waals surface area (Å²) in [5.74, 6) is -1.89. The van der Waals surface area contributed by atoms with Crippen LogP contribution in [0, 0.1) is 5.92 Å². The average molecular weight is 253 g/mol. The molecule has 7 nitrogen and oxygen atoms in total. The number of rotatable bonds is 5. The minimum atomic E-state index is -0.904. The number of aromatic amines is 1. The predicted molar refractivity (Wildman–Crippen MR) is 63.2 cm³/mol. The fourth-order valence-electron chi connectivity index (χ4n) is 1.46. The van der Waals surface area contributed by atoms with Crippen LogP contribution >= 0.6 is 0 Å². The second-order valence-corrected chi connectivity index (χ2v) is 4.16. The minimum absolute atomic E-state index is 0.0874. The predicted octanol–water partition coefficient (Wildman–Crippen LogP) is -0.00100. The third-order valence-corrected chi connectivity index (χ3v) is 2.42. The van der Waals surface area contributed by atoms with Crippen LogP contribution in [-0.2, 0) is 4.79 Å². The van der Waals surface area contributed by atoms with E-state index < -0.39 is 17.8 Å². The van der Waals surface area contributed by atoms with Crippen LogP contribution in [0.2, 0.25) is 0 Å². The van der Waals surface area contributed by atoms with E-state index in [9.17, 15) is 14.4 Å². The van der Waals surface area contributed by atoms with Crippen LogP contribution in [0.15, 0.2) is 16.9 Å². The number of carboxylic acid groups (broad SMARTS) is 1. The van der Waals surface area contributed by atoms with Gasteiger partial charge in [-0.05, 0) is 19.4 Å². The molecule has 0 saturated carbocycles. The first-order valence-electron chi connectivity index (χ1n) is 5.49. The van der Waals surface area contributed by atoms with Gasteiger partial charge >= 0.3 is 5.97 Å². The Hall–Kier alpha value is -2.18. The highest BCUT2D eigenvalue weighted by molar-refractivity contribution is 5.92.